The van der Waals surface area contributed by atoms with Gasteiger partial charge in [-0.1, -0.05) is 0 Å². The van der Waals surface area contributed by atoms with Gasteiger partial charge in [0.05, 0.1) is 17.8 Å². The quantitative estimate of drug-likeness (QED) is 0.877. The molecule has 98 valence electrons. The minimum absolute atomic E-state index is 0.278. The minimum Gasteiger partial charge on any atom is -0.478 e. The van der Waals surface area contributed by atoms with Gasteiger partial charge in [-0.2, -0.15) is 0 Å². The maximum Gasteiger partial charge on any atom is 0.338 e. The van der Waals surface area contributed by atoms with E-state index in [2.05, 4.69) is 0 Å². The Bertz CT molecular complexity index is 473. The van der Waals surface area contributed by atoms with Crippen molar-refractivity contribution in [3.63, 3.8) is 0 Å². The number of carbonyl (C=O) groups is 1. The van der Waals surface area contributed by atoms with E-state index in [0.717, 1.165) is 0 Å². The number of carboxylic acid groups (broad SMARTS) is 1. The van der Waals surface area contributed by atoms with Crippen LogP contribution in [-0.2, 0) is 4.74 Å². The van der Waals surface area contributed by atoms with E-state index in [4.69, 9.17) is 9.84 Å². The first kappa shape index (κ1) is 12.8. The lowest BCUT2D eigenvalue weighted by Gasteiger charge is -2.39. The van der Waals surface area contributed by atoms with E-state index >= 15 is 0 Å². The van der Waals surface area contributed by atoms with Crippen molar-refractivity contribution >= 4 is 11.7 Å². The van der Waals surface area contributed by atoms with E-state index in [1.165, 1.54) is 12.1 Å². The van der Waals surface area contributed by atoms with Crippen molar-refractivity contribution < 1.29 is 19.0 Å². The predicted octanol–water partition coefficient (Wildman–Crippen LogP) is 2.14. The van der Waals surface area contributed by atoms with Crippen molar-refractivity contribution in [2.45, 2.75) is 19.4 Å². The predicted molar refractivity (Wildman–Crippen MR) is 65.6 cm³/mol. The summed E-state index contributed by atoms with van der Waals surface area (Å²) in [6.45, 7) is 5.85. The summed E-state index contributed by atoms with van der Waals surface area (Å²) >= 11 is 0. The molecule has 0 amide bonds. The van der Waals surface area contributed by atoms with Crippen LogP contribution in [0.15, 0.2) is 18.2 Å². The molecule has 1 aromatic rings. The Morgan fingerprint density at radius 1 is 1.50 bits per heavy atom. The van der Waals surface area contributed by atoms with Gasteiger partial charge in [-0.15, -0.1) is 0 Å². The van der Waals surface area contributed by atoms with Crippen molar-refractivity contribution in [3.05, 3.63) is 29.6 Å². The highest BCUT2D eigenvalue weighted by Gasteiger charge is 2.27. The Morgan fingerprint density at radius 3 is 2.78 bits per heavy atom. The average Bonchev–Trinajstić information content (AvgIpc) is 2.27. The fourth-order valence-electron chi connectivity index (χ4n) is 2.11. The number of anilines is 1. The molecule has 0 bridgehead atoms. The highest BCUT2D eigenvalue weighted by atomic mass is 19.1. The largest absolute Gasteiger partial charge is 0.478 e. The summed E-state index contributed by atoms with van der Waals surface area (Å²) < 4.78 is 19.2. The van der Waals surface area contributed by atoms with Gasteiger partial charge in [-0.05, 0) is 32.0 Å². The second kappa shape index (κ2) is 4.57. The van der Waals surface area contributed by atoms with Gasteiger partial charge in [0.15, 0.2) is 0 Å². The molecule has 2 rings (SSSR count). The Balaban J connectivity index is 2.24. The average molecular weight is 253 g/mol. The molecule has 5 heteroatoms. The molecule has 18 heavy (non-hydrogen) atoms. The third-order valence-corrected chi connectivity index (χ3v) is 2.97. The van der Waals surface area contributed by atoms with E-state index in [0.29, 0.717) is 25.4 Å². The molecule has 1 aromatic carbocycles. The van der Waals surface area contributed by atoms with Crippen molar-refractivity contribution in [3.8, 4) is 0 Å². The molecule has 1 aliphatic rings. The van der Waals surface area contributed by atoms with Crippen LogP contribution in [0.2, 0.25) is 0 Å². The summed E-state index contributed by atoms with van der Waals surface area (Å²) in [5.74, 6) is -1.95. The van der Waals surface area contributed by atoms with Gasteiger partial charge in [0.25, 0.3) is 0 Å². The first-order valence-electron chi connectivity index (χ1n) is 5.81. The number of rotatable bonds is 2. The molecule has 1 heterocycles. The molecule has 0 radical (unpaired) electrons. The summed E-state index contributed by atoms with van der Waals surface area (Å²) in [6.07, 6.45) is 0. The number of benzene rings is 1. The van der Waals surface area contributed by atoms with Gasteiger partial charge in [-0.3, -0.25) is 0 Å². The number of nitrogens with zero attached hydrogens (tertiary/aromatic N) is 1. The molecule has 0 atom stereocenters. The number of halogens is 1. The summed E-state index contributed by atoms with van der Waals surface area (Å²) in [6, 6.07) is 4.20. The van der Waals surface area contributed by atoms with Crippen LogP contribution in [-0.4, -0.2) is 36.4 Å². The molecule has 1 aliphatic heterocycles. The number of carboxylic acids is 1. The van der Waals surface area contributed by atoms with Gasteiger partial charge in [0.1, 0.15) is 5.82 Å². The molecular weight excluding hydrogens is 237 g/mol. The van der Waals surface area contributed by atoms with E-state index in [1.54, 1.807) is 6.07 Å². The Labute approximate surface area is 105 Å². The third kappa shape index (κ3) is 2.61. The van der Waals surface area contributed by atoms with Crippen LogP contribution in [0.4, 0.5) is 10.1 Å². The monoisotopic (exact) mass is 253 g/mol. The van der Waals surface area contributed by atoms with Crippen molar-refractivity contribution in [2.75, 3.05) is 24.6 Å². The summed E-state index contributed by atoms with van der Waals surface area (Å²) in [5.41, 5.74) is 0.111. The highest BCUT2D eigenvalue weighted by molar-refractivity contribution is 5.88. The van der Waals surface area contributed by atoms with Crippen LogP contribution >= 0.6 is 0 Å². The molecular formula is C13H16FNO3. The molecule has 1 fully saturated rings. The number of ether oxygens (including phenoxy) is 1. The summed E-state index contributed by atoms with van der Waals surface area (Å²) in [5, 5.41) is 8.78. The van der Waals surface area contributed by atoms with Crippen LogP contribution in [0.3, 0.4) is 0 Å². The van der Waals surface area contributed by atoms with Gasteiger partial charge in [-0.25, -0.2) is 9.18 Å². The molecule has 1 N–H and O–H groups in total. The Hall–Kier alpha value is -1.62. The molecule has 0 aliphatic carbocycles. The lowest BCUT2D eigenvalue weighted by Crippen LogP contribution is -2.48. The van der Waals surface area contributed by atoms with E-state index in [9.17, 15) is 9.18 Å². The molecule has 0 unspecified atom stereocenters. The lowest BCUT2D eigenvalue weighted by atomic mass is 10.1. The highest BCUT2D eigenvalue weighted by Crippen LogP contribution is 2.24. The summed E-state index contributed by atoms with van der Waals surface area (Å²) in [7, 11) is 0. The van der Waals surface area contributed by atoms with E-state index in [-0.39, 0.29) is 11.2 Å². The van der Waals surface area contributed by atoms with E-state index < -0.39 is 11.8 Å². The minimum atomic E-state index is -1.25. The normalized spacial score (nSPS) is 18.7. The number of aromatic carboxylic acids is 1. The second-order valence-corrected chi connectivity index (χ2v) is 5.00. The first-order valence-corrected chi connectivity index (χ1v) is 5.81. The van der Waals surface area contributed by atoms with Crippen molar-refractivity contribution in [1.29, 1.82) is 0 Å². The van der Waals surface area contributed by atoms with Crippen LogP contribution in [0.25, 0.3) is 0 Å². The first-order chi connectivity index (χ1) is 8.39. The number of hydrogen-bond donors (Lipinski definition) is 1. The maximum absolute atomic E-state index is 13.6. The number of morpholine rings is 1. The standard InChI is InChI=1S/C13H16FNO3/c1-13(2)8-15(5-6-18-13)9-3-4-10(12(16)17)11(14)7-9/h3-4,7H,5-6,8H2,1-2H3,(H,16,17). The Kier molecular flexibility index (Phi) is 3.26. The molecule has 0 saturated carbocycles. The second-order valence-electron chi connectivity index (χ2n) is 5.00. The number of hydrogen-bond acceptors (Lipinski definition) is 3. The van der Waals surface area contributed by atoms with Gasteiger partial charge >= 0.3 is 5.97 Å². The topological polar surface area (TPSA) is 49.8 Å². The smallest absolute Gasteiger partial charge is 0.338 e. The van der Waals surface area contributed by atoms with Crippen LogP contribution < -0.4 is 4.90 Å². The zero-order valence-corrected chi connectivity index (χ0v) is 10.4. The Morgan fingerprint density at radius 2 is 2.22 bits per heavy atom. The molecule has 1 saturated heterocycles. The summed E-state index contributed by atoms with van der Waals surface area (Å²) in [4.78, 5) is 12.7. The molecule has 0 spiro atoms. The molecule has 4 nitrogen and oxygen atoms in total. The zero-order valence-electron chi connectivity index (χ0n) is 10.4. The van der Waals surface area contributed by atoms with Crippen LogP contribution in [0.1, 0.15) is 24.2 Å². The fraction of sp³-hybridized carbons (Fsp3) is 0.462. The fourth-order valence-corrected chi connectivity index (χ4v) is 2.11. The third-order valence-electron chi connectivity index (χ3n) is 2.97. The SMILES string of the molecule is CC1(C)CN(c2ccc(C(=O)O)c(F)c2)CCO1. The van der Waals surface area contributed by atoms with Crippen LogP contribution in [0, 0.1) is 5.82 Å². The lowest BCUT2D eigenvalue weighted by molar-refractivity contribution is -0.0277. The molecule has 0 aromatic heterocycles. The van der Waals surface area contributed by atoms with Crippen LogP contribution in [0.5, 0.6) is 0 Å². The van der Waals surface area contributed by atoms with Crippen molar-refractivity contribution in [1.82, 2.24) is 0 Å². The van der Waals surface area contributed by atoms with Gasteiger partial charge in [0, 0.05) is 18.8 Å². The maximum atomic E-state index is 13.6. The van der Waals surface area contributed by atoms with E-state index in [1.807, 2.05) is 18.7 Å². The van der Waals surface area contributed by atoms with Gasteiger partial charge in [0.2, 0.25) is 0 Å². The van der Waals surface area contributed by atoms with Gasteiger partial charge < -0.3 is 14.7 Å². The zero-order chi connectivity index (χ0) is 13.3. The van der Waals surface area contributed by atoms with Crippen molar-refractivity contribution in [2.24, 2.45) is 0 Å².